The molecule has 1 saturated heterocycles. The molecule has 2 N–H and O–H groups in total. The Balaban J connectivity index is 1.74. The molecule has 1 amide bonds. The van der Waals surface area contributed by atoms with Gasteiger partial charge in [0.05, 0.1) is 28.5 Å². The Morgan fingerprint density at radius 1 is 0.967 bits per heavy atom. The molecule has 2 atom stereocenters. The summed E-state index contributed by atoms with van der Waals surface area (Å²) in [4.78, 5) is 11.9. The second kappa shape index (κ2) is 9.11. The molecule has 0 bridgehead atoms. The Morgan fingerprint density at radius 2 is 1.53 bits per heavy atom. The van der Waals surface area contributed by atoms with E-state index >= 15 is 0 Å². The van der Waals surface area contributed by atoms with E-state index in [0.29, 0.717) is 5.92 Å². The Kier molecular flexibility index (Phi) is 7.31. The molecule has 0 radical (unpaired) electrons. The molecular weight excluding hydrogens is 495 g/mol. The highest BCUT2D eigenvalue weighted by Gasteiger charge is 2.43. The second-order valence-electron chi connectivity index (χ2n) is 7.79. The van der Waals surface area contributed by atoms with Crippen LogP contribution in [0.1, 0.15) is 43.6 Å². The maximum atomic E-state index is 12.8. The summed E-state index contributed by atoms with van der Waals surface area (Å²) in [5.41, 5.74) is 1.10. The number of carbonyl (C=O) groups excluding carboxylic acids is 1. The van der Waals surface area contributed by atoms with E-state index in [1.165, 1.54) is 31.4 Å². The Morgan fingerprint density at radius 3 is 2.10 bits per heavy atom. The van der Waals surface area contributed by atoms with Crippen LogP contribution in [0.3, 0.4) is 0 Å². The number of hydrogen-bond donors (Lipinski definition) is 2. The molecule has 168 valence electrons. The highest BCUT2D eigenvalue weighted by atomic mass is 35.6. The first kappa shape index (κ1) is 24.1. The maximum Gasteiger partial charge on any atom is 0.272 e. The first-order chi connectivity index (χ1) is 13.9. The van der Waals surface area contributed by atoms with Crippen LogP contribution in [-0.2, 0) is 24.7 Å². The number of nitrogens with one attached hydrogen (secondary N) is 2. The van der Waals surface area contributed by atoms with E-state index in [1.54, 1.807) is 12.1 Å². The number of sulfonamides is 1. The molecule has 1 saturated carbocycles. The van der Waals surface area contributed by atoms with E-state index < -0.39 is 53.1 Å². The van der Waals surface area contributed by atoms with Crippen LogP contribution >= 0.6 is 34.8 Å². The Hall–Kier alpha value is -0.580. The van der Waals surface area contributed by atoms with Crippen LogP contribution < -0.4 is 10.0 Å². The van der Waals surface area contributed by atoms with Gasteiger partial charge in [0.1, 0.15) is 0 Å². The molecule has 30 heavy (non-hydrogen) atoms. The monoisotopic (exact) mass is 516 g/mol. The molecule has 0 aromatic heterocycles. The third-order valence-corrected chi connectivity index (χ3v) is 9.25. The van der Waals surface area contributed by atoms with Crippen molar-refractivity contribution in [1.82, 2.24) is 10.0 Å². The summed E-state index contributed by atoms with van der Waals surface area (Å²) in [5, 5.41) is 2.31. The van der Waals surface area contributed by atoms with Gasteiger partial charge < -0.3 is 5.32 Å². The summed E-state index contributed by atoms with van der Waals surface area (Å²) in [6.45, 7) is 0. The van der Waals surface area contributed by atoms with Gasteiger partial charge in [-0.3, -0.25) is 4.79 Å². The average Bonchev–Trinajstić information content (AvgIpc) is 2.94. The van der Waals surface area contributed by atoms with E-state index in [4.69, 9.17) is 34.8 Å². The lowest BCUT2D eigenvalue weighted by molar-refractivity contribution is -0.120. The van der Waals surface area contributed by atoms with E-state index in [9.17, 15) is 21.6 Å². The van der Waals surface area contributed by atoms with Crippen molar-refractivity contribution in [3.8, 4) is 0 Å². The normalized spacial score (nSPS) is 25.2. The predicted molar refractivity (Wildman–Crippen MR) is 117 cm³/mol. The fourth-order valence-electron chi connectivity index (χ4n) is 3.98. The Labute approximate surface area is 191 Å². The molecule has 2 fully saturated rings. The molecule has 2 aliphatic rings. The SMILES string of the molecule is O=C(N[C@H]1CS(=O)(=O)C[C@H]1NS(=O)(=O)c1ccc(C2CCCCC2)cc1)C(Cl)(Cl)Cl. The smallest absolute Gasteiger partial charge is 0.272 e. The fourth-order valence-corrected chi connectivity index (χ4v) is 7.39. The molecule has 12 heteroatoms. The van der Waals surface area contributed by atoms with Crippen LogP contribution in [-0.4, -0.2) is 50.1 Å². The lowest BCUT2D eigenvalue weighted by Crippen LogP contribution is -2.53. The summed E-state index contributed by atoms with van der Waals surface area (Å²) in [6, 6.07) is 4.52. The first-order valence-corrected chi connectivity index (χ1v) is 14.0. The van der Waals surface area contributed by atoms with Gasteiger partial charge in [0.15, 0.2) is 9.84 Å². The van der Waals surface area contributed by atoms with E-state index in [1.807, 2.05) is 0 Å². The van der Waals surface area contributed by atoms with E-state index in [2.05, 4.69) is 10.0 Å². The molecule has 1 aliphatic heterocycles. The van der Waals surface area contributed by atoms with E-state index in [-0.39, 0.29) is 4.90 Å². The van der Waals surface area contributed by atoms with Crippen LogP contribution in [0.25, 0.3) is 0 Å². The molecule has 1 aliphatic carbocycles. The summed E-state index contributed by atoms with van der Waals surface area (Å²) in [7, 11) is -7.59. The van der Waals surface area contributed by atoms with Crippen LogP contribution in [0.4, 0.5) is 0 Å². The van der Waals surface area contributed by atoms with Crippen molar-refractivity contribution >= 4 is 60.6 Å². The van der Waals surface area contributed by atoms with Crippen LogP contribution in [0.15, 0.2) is 29.2 Å². The van der Waals surface area contributed by atoms with Crippen molar-refractivity contribution in [2.24, 2.45) is 0 Å². The van der Waals surface area contributed by atoms with Gasteiger partial charge in [-0.2, -0.15) is 0 Å². The highest BCUT2D eigenvalue weighted by molar-refractivity contribution is 7.92. The van der Waals surface area contributed by atoms with Gasteiger partial charge in [0.25, 0.3) is 9.70 Å². The fraction of sp³-hybridized carbons (Fsp3) is 0.611. The topological polar surface area (TPSA) is 109 Å². The van der Waals surface area contributed by atoms with Crippen molar-refractivity contribution in [3.63, 3.8) is 0 Å². The number of rotatable bonds is 5. The highest BCUT2D eigenvalue weighted by Crippen LogP contribution is 2.33. The number of halogens is 3. The zero-order valence-electron chi connectivity index (χ0n) is 16.0. The number of sulfone groups is 1. The maximum absolute atomic E-state index is 12.8. The van der Waals surface area contributed by atoms with Crippen LogP contribution in [0.2, 0.25) is 0 Å². The van der Waals surface area contributed by atoms with Crippen molar-refractivity contribution in [2.45, 2.75) is 58.8 Å². The largest absolute Gasteiger partial charge is 0.347 e. The van der Waals surface area contributed by atoms with Gasteiger partial charge in [-0.05, 0) is 36.5 Å². The molecular formula is C18H23Cl3N2O5S2. The minimum absolute atomic E-state index is 0.0258. The van der Waals surface area contributed by atoms with Crippen molar-refractivity contribution in [3.05, 3.63) is 29.8 Å². The third-order valence-electron chi connectivity index (χ3n) is 5.50. The zero-order valence-corrected chi connectivity index (χ0v) is 19.9. The Bertz CT molecular complexity index is 986. The number of benzene rings is 1. The summed E-state index contributed by atoms with van der Waals surface area (Å²) in [5.74, 6) is -1.50. The zero-order chi connectivity index (χ0) is 22.2. The number of carbonyl (C=O) groups is 1. The molecule has 7 nitrogen and oxygen atoms in total. The first-order valence-electron chi connectivity index (χ1n) is 9.58. The van der Waals surface area contributed by atoms with Crippen molar-refractivity contribution < 1.29 is 21.6 Å². The van der Waals surface area contributed by atoms with Crippen molar-refractivity contribution in [1.29, 1.82) is 0 Å². The molecule has 0 unspecified atom stereocenters. The van der Waals surface area contributed by atoms with Gasteiger partial charge in [-0.25, -0.2) is 21.6 Å². The standard InChI is InChI=1S/C18H23Cl3N2O5S2/c19-18(20,21)17(24)22-15-10-29(25,26)11-16(15)23-30(27,28)14-8-6-13(7-9-14)12-4-2-1-3-5-12/h6-9,12,15-16,23H,1-5,10-11H2,(H,22,24)/t15-,16+/m0/s1. The number of alkyl halides is 3. The summed E-state index contributed by atoms with van der Waals surface area (Å²) in [6.07, 6.45) is 5.75. The minimum atomic E-state index is -4.01. The quantitative estimate of drug-likeness (QED) is 0.584. The van der Waals surface area contributed by atoms with Gasteiger partial charge >= 0.3 is 0 Å². The van der Waals surface area contributed by atoms with Gasteiger partial charge in [-0.1, -0.05) is 66.2 Å². The van der Waals surface area contributed by atoms with Crippen LogP contribution in [0.5, 0.6) is 0 Å². The van der Waals surface area contributed by atoms with Gasteiger partial charge in [-0.15, -0.1) is 0 Å². The molecule has 1 aromatic rings. The lowest BCUT2D eigenvalue weighted by Gasteiger charge is -2.23. The third kappa shape index (κ3) is 6.01. The molecule has 1 aromatic carbocycles. The summed E-state index contributed by atoms with van der Waals surface area (Å²) < 4.78 is 49.8. The minimum Gasteiger partial charge on any atom is -0.347 e. The van der Waals surface area contributed by atoms with Crippen molar-refractivity contribution in [2.75, 3.05) is 11.5 Å². The van der Waals surface area contributed by atoms with Gasteiger partial charge in [0.2, 0.25) is 10.0 Å². The van der Waals surface area contributed by atoms with Gasteiger partial charge in [0, 0.05) is 0 Å². The average molecular weight is 518 g/mol. The molecule has 1 heterocycles. The molecule has 0 spiro atoms. The predicted octanol–water partition coefficient (Wildman–Crippen LogP) is 2.66. The number of hydrogen-bond acceptors (Lipinski definition) is 5. The summed E-state index contributed by atoms with van der Waals surface area (Å²) >= 11 is 16.6. The lowest BCUT2D eigenvalue weighted by atomic mass is 9.84. The van der Waals surface area contributed by atoms with Crippen LogP contribution in [0, 0.1) is 0 Å². The number of amides is 1. The van der Waals surface area contributed by atoms with E-state index in [0.717, 1.165) is 18.4 Å². The molecule has 3 rings (SSSR count). The second-order valence-corrected chi connectivity index (χ2v) is 13.9.